The van der Waals surface area contributed by atoms with Gasteiger partial charge in [0.15, 0.2) is 0 Å². The van der Waals surface area contributed by atoms with Crippen molar-refractivity contribution in [2.45, 2.75) is 19.1 Å². The number of aliphatic imine (C=N–C) groups is 2. The summed E-state index contributed by atoms with van der Waals surface area (Å²) in [5.74, 6) is -0.0978. The van der Waals surface area contributed by atoms with Gasteiger partial charge in [-0.05, 0) is 0 Å². The Hall–Kier alpha value is -0.900. The number of amides is 1. The van der Waals surface area contributed by atoms with E-state index in [1.807, 2.05) is 19.9 Å². The summed E-state index contributed by atoms with van der Waals surface area (Å²) in [6.45, 7) is 4.02. The molecule has 1 atom stereocenters. The highest BCUT2D eigenvalue weighted by molar-refractivity contribution is 8.13. The average molecular weight is 194 g/mol. The summed E-state index contributed by atoms with van der Waals surface area (Å²) in [5.41, 5.74) is 2.39. The molecule has 68 valence electrons. The minimum atomic E-state index is -0.196. The van der Waals surface area contributed by atoms with Crippen LogP contribution in [0.5, 0.6) is 0 Å². The van der Waals surface area contributed by atoms with Gasteiger partial charge >= 0.3 is 0 Å². The molecule has 0 aromatic carbocycles. The summed E-state index contributed by atoms with van der Waals surface area (Å²) in [6, 6.07) is 0. The number of nitrogens with zero attached hydrogens (tertiary/aromatic N) is 2. The molecular formula is C9H10N2OS. The fourth-order valence-electron chi connectivity index (χ4n) is 1.30. The van der Waals surface area contributed by atoms with Gasteiger partial charge in [-0.3, -0.25) is 9.79 Å². The van der Waals surface area contributed by atoms with Crippen molar-refractivity contribution in [1.82, 2.24) is 0 Å². The molecule has 4 heteroatoms. The zero-order valence-corrected chi connectivity index (χ0v) is 8.34. The first kappa shape index (κ1) is 8.69. The third-order valence-electron chi connectivity index (χ3n) is 1.94. The van der Waals surface area contributed by atoms with Crippen molar-refractivity contribution < 1.29 is 4.79 Å². The molecule has 2 aliphatic rings. The lowest BCUT2D eigenvalue weighted by Crippen LogP contribution is -2.12. The lowest BCUT2D eigenvalue weighted by molar-refractivity contribution is -0.116. The highest BCUT2D eigenvalue weighted by atomic mass is 32.2. The first-order valence-electron chi connectivity index (χ1n) is 4.08. The zero-order valence-electron chi connectivity index (χ0n) is 7.52. The summed E-state index contributed by atoms with van der Waals surface area (Å²) in [4.78, 5) is 19.5. The Bertz CT molecular complexity index is 342. The maximum absolute atomic E-state index is 11.4. The van der Waals surface area contributed by atoms with Crippen molar-refractivity contribution in [2.24, 2.45) is 15.4 Å². The molecule has 1 unspecified atom stereocenters. The van der Waals surface area contributed by atoms with Crippen molar-refractivity contribution in [2.75, 3.05) is 0 Å². The fourth-order valence-corrected chi connectivity index (χ4v) is 2.05. The summed E-state index contributed by atoms with van der Waals surface area (Å²) >= 11 is 1.43. The quantitative estimate of drug-likeness (QED) is 0.588. The van der Waals surface area contributed by atoms with Gasteiger partial charge < -0.3 is 0 Å². The Balaban J connectivity index is 2.45. The van der Waals surface area contributed by atoms with Crippen molar-refractivity contribution in [3.63, 3.8) is 0 Å². The average Bonchev–Trinajstić information content (AvgIpc) is 2.44. The van der Waals surface area contributed by atoms with Gasteiger partial charge in [0.25, 0.3) is 5.91 Å². The highest BCUT2D eigenvalue weighted by Crippen LogP contribution is 2.32. The van der Waals surface area contributed by atoms with E-state index in [1.54, 1.807) is 11.8 Å². The van der Waals surface area contributed by atoms with Crippen molar-refractivity contribution in [3.8, 4) is 0 Å². The molecule has 0 aliphatic carbocycles. The van der Waals surface area contributed by atoms with Gasteiger partial charge in [-0.2, -0.15) is 0 Å². The first-order chi connectivity index (χ1) is 6.08. The molecule has 0 saturated carbocycles. The van der Waals surface area contributed by atoms with Gasteiger partial charge in [0, 0.05) is 11.6 Å². The molecule has 1 amide bonds. The van der Waals surface area contributed by atoms with Gasteiger partial charge in [0.05, 0.1) is 11.2 Å². The number of fused-ring (bicyclic) bond motifs is 1. The maximum Gasteiger partial charge on any atom is 0.264 e. The molecule has 0 fully saturated rings. The summed E-state index contributed by atoms with van der Waals surface area (Å²) in [7, 11) is 0. The second kappa shape index (κ2) is 2.80. The molecule has 0 bridgehead atoms. The van der Waals surface area contributed by atoms with Crippen LogP contribution in [0.2, 0.25) is 0 Å². The van der Waals surface area contributed by atoms with E-state index in [9.17, 15) is 4.79 Å². The Labute approximate surface area is 81.0 Å². The number of carbonyl (C=O) groups is 1. The van der Waals surface area contributed by atoms with Crippen LogP contribution in [0.25, 0.3) is 0 Å². The van der Waals surface area contributed by atoms with Gasteiger partial charge in [-0.15, -0.1) is 0 Å². The molecule has 2 heterocycles. The molecule has 0 aromatic rings. The number of hydrogen-bond acceptors (Lipinski definition) is 3. The lowest BCUT2D eigenvalue weighted by atomic mass is 9.94. The van der Waals surface area contributed by atoms with Crippen LogP contribution in [-0.4, -0.2) is 22.9 Å². The van der Waals surface area contributed by atoms with Gasteiger partial charge in [0.1, 0.15) is 5.25 Å². The summed E-state index contributed by atoms with van der Waals surface area (Å²) in [6.07, 6.45) is 3.69. The maximum atomic E-state index is 11.4. The molecule has 0 N–H and O–H groups in total. The van der Waals surface area contributed by atoms with Crippen LogP contribution < -0.4 is 0 Å². The number of hydrogen-bond donors (Lipinski definition) is 0. The van der Waals surface area contributed by atoms with Gasteiger partial charge in [0.2, 0.25) is 0 Å². The van der Waals surface area contributed by atoms with E-state index in [1.165, 1.54) is 11.8 Å². The number of carbonyl (C=O) groups excluding carboxylic acids is 1. The van der Waals surface area contributed by atoms with E-state index in [2.05, 4.69) is 9.98 Å². The molecule has 0 radical (unpaired) electrons. The Kier molecular flexibility index (Phi) is 1.87. The fraction of sp³-hybridized carbons (Fsp3) is 0.444. The number of rotatable bonds is 0. The van der Waals surface area contributed by atoms with Crippen molar-refractivity contribution in [1.29, 1.82) is 0 Å². The Morgan fingerprint density at radius 2 is 2.23 bits per heavy atom. The normalized spacial score (nSPS) is 29.8. The van der Waals surface area contributed by atoms with Crippen molar-refractivity contribution in [3.05, 3.63) is 11.8 Å². The molecule has 0 spiro atoms. The smallest absolute Gasteiger partial charge is 0.264 e. The summed E-state index contributed by atoms with van der Waals surface area (Å²) < 4.78 is 0. The van der Waals surface area contributed by atoms with Gasteiger partial charge in [-0.25, -0.2) is 4.99 Å². The molecule has 2 aliphatic heterocycles. The monoisotopic (exact) mass is 194 g/mol. The predicted molar refractivity (Wildman–Crippen MR) is 55.2 cm³/mol. The third-order valence-corrected chi connectivity index (χ3v) is 2.88. The molecule has 0 saturated heterocycles. The Morgan fingerprint density at radius 1 is 1.46 bits per heavy atom. The van der Waals surface area contributed by atoms with Crippen molar-refractivity contribution >= 4 is 29.4 Å². The second-order valence-corrected chi connectivity index (χ2v) is 4.69. The second-order valence-electron chi connectivity index (χ2n) is 3.74. The third kappa shape index (κ3) is 1.58. The van der Waals surface area contributed by atoms with E-state index in [0.717, 1.165) is 5.70 Å². The topological polar surface area (TPSA) is 41.8 Å². The predicted octanol–water partition coefficient (Wildman–Crippen LogP) is 1.65. The van der Waals surface area contributed by atoms with Crippen LogP contribution in [0.1, 0.15) is 13.8 Å². The highest BCUT2D eigenvalue weighted by Gasteiger charge is 2.30. The van der Waals surface area contributed by atoms with Crippen LogP contribution in [0.15, 0.2) is 21.8 Å². The van der Waals surface area contributed by atoms with E-state index in [-0.39, 0.29) is 16.6 Å². The lowest BCUT2D eigenvalue weighted by Gasteiger charge is -2.11. The first-order valence-corrected chi connectivity index (χ1v) is 5.03. The van der Waals surface area contributed by atoms with Crippen LogP contribution >= 0.6 is 11.8 Å². The molecular weight excluding hydrogens is 184 g/mol. The van der Waals surface area contributed by atoms with Crippen LogP contribution in [0.4, 0.5) is 0 Å². The van der Waals surface area contributed by atoms with E-state index in [0.29, 0.717) is 0 Å². The zero-order chi connectivity index (χ0) is 9.47. The van der Waals surface area contributed by atoms with Gasteiger partial charge in [-0.1, -0.05) is 31.7 Å². The van der Waals surface area contributed by atoms with E-state index < -0.39 is 0 Å². The van der Waals surface area contributed by atoms with Crippen LogP contribution in [0.3, 0.4) is 0 Å². The SMILES string of the molecule is CC1(C)C=NC(=O)C2SC=NC2=C1. The van der Waals surface area contributed by atoms with Crippen LogP contribution in [0, 0.1) is 5.41 Å². The molecule has 0 aromatic heterocycles. The summed E-state index contributed by atoms with van der Waals surface area (Å²) in [5, 5.41) is -0.196. The number of thioether (sulfide) groups is 1. The number of allylic oxidation sites excluding steroid dienone is 1. The molecule has 3 nitrogen and oxygen atoms in total. The van der Waals surface area contributed by atoms with E-state index >= 15 is 0 Å². The Morgan fingerprint density at radius 3 is 3.00 bits per heavy atom. The largest absolute Gasteiger partial charge is 0.271 e. The minimum absolute atomic E-state index is 0.0978. The molecule has 13 heavy (non-hydrogen) atoms. The molecule has 2 rings (SSSR count). The van der Waals surface area contributed by atoms with E-state index in [4.69, 9.17) is 0 Å². The minimum Gasteiger partial charge on any atom is -0.271 e. The van der Waals surface area contributed by atoms with Crippen LogP contribution in [-0.2, 0) is 4.79 Å². The standard InChI is InChI=1S/C9H10N2OS/c1-9(2)3-6-7(13-5-11-6)8(12)10-4-9/h3-5,7H,1-2H3.